The largest absolute Gasteiger partial charge is 0.461 e. The quantitative estimate of drug-likeness (QED) is 0.316. The molecule has 0 unspecified atom stereocenters. The summed E-state index contributed by atoms with van der Waals surface area (Å²) in [5, 5.41) is 9.31. The van der Waals surface area contributed by atoms with Gasteiger partial charge in [-0.2, -0.15) is 0 Å². The Labute approximate surface area is 193 Å². The number of rotatable bonds is 7. The molecule has 0 fully saturated rings. The standard InChI is InChI=1S/C22H18ClN5O3S/c23-17-10-5-4-9-16(17)21(30)26-24-19(29)14-32-22-27-25-20(18-11-6-12-31-18)28(22)13-15-7-2-1-3-8-15/h1-12H,13-14H2,(H,24,29)(H,26,30). The lowest BCUT2D eigenvalue weighted by atomic mass is 10.2. The molecule has 0 radical (unpaired) electrons. The van der Waals surface area contributed by atoms with E-state index in [1.807, 2.05) is 34.9 Å². The Kier molecular flexibility index (Phi) is 6.88. The van der Waals surface area contributed by atoms with Crippen molar-refractivity contribution in [3.63, 3.8) is 0 Å². The van der Waals surface area contributed by atoms with Gasteiger partial charge in [0.2, 0.25) is 11.7 Å². The first kappa shape index (κ1) is 21.7. The summed E-state index contributed by atoms with van der Waals surface area (Å²) in [6.45, 7) is 0.511. The van der Waals surface area contributed by atoms with E-state index >= 15 is 0 Å². The molecule has 2 heterocycles. The van der Waals surface area contributed by atoms with Gasteiger partial charge in [-0.25, -0.2) is 0 Å². The van der Waals surface area contributed by atoms with Crippen LogP contribution in [0.2, 0.25) is 5.02 Å². The van der Waals surface area contributed by atoms with Crippen LogP contribution in [-0.2, 0) is 11.3 Å². The number of halogens is 1. The fourth-order valence-corrected chi connectivity index (χ4v) is 3.86. The molecule has 0 bridgehead atoms. The highest BCUT2D eigenvalue weighted by Gasteiger charge is 2.18. The molecular formula is C22H18ClN5O3S. The molecule has 0 aliphatic rings. The van der Waals surface area contributed by atoms with Crippen LogP contribution in [0.4, 0.5) is 0 Å². The molecule has 0 saturated heterocycles. The van der Waals surface area contributed by atoms with Gasteiger partial charge in [0.05, 0.1) is 29.1 Å². The Balaban J connectivity index is 1.42. The molecule has 0 aliphatic carbocycles. The van der Waals surface area contributed by atoms with E-state index in [0.717, 1.165) is 5.56 Å². The summed E-state index contributed by atoms with van der Waals surface area (Å²) in [7, 11) is 0. The lowest BCUT2D eigenvalue weighted by Gasteiger charge is -2.10. The molecular weight excluding hydrogens is 450 g/mol. The van der Waals surface area contributed by atoms with Crippen LogP contribution in [0.3, 0.4) is 0 Å². The summed E-state index contributed by atoms with van der Waals surface area (Å²) in [6.07, 6.45) is 1.57. The number of aromatic nitrogens is 3. The van der Waals surface area contributed by atoms with Gasteiger partial charge < -0.3 is 4.42 Å². The highest BCUT2D eigenvalue weighted by molar-refractivity contribution is 7.99. The molecule has 10 heteroatoms. The Bertz CT molecular complexity index is 1210. The Morgan fingerprint density at radius 1 is 0.969 bits per heavy atom. The molecule has 0 spiro atoms. The van der Waals surface area contributed by atoms with Crippen LogP contribution in [-0.4, -0.2) is 32.3 Å². The minimum absolute atomic E-state index is 0.0217. The van der Waals surface area contributed by atoms with Gasteiger partial charge in [0.25, 0.3) is 5.91 Å². The molecule has 32 heavy (non-hydrogen) atoms. The first-order valence-corrected chi connectivity index (χ1v) is 11.0. The molecule has 8 nitrogen and oxygen atoms in total. The zero-order valence-corrected chi connectivity index (χ0v) is 18.3. The van der Waals surface area contributed by atoms with Crippen LogP contribution in [0.15, 0.2) is 82.6 Å². The summed E-state index contributed by atoms with van der Waals surface area (Å²) >= 11 is 7.20. The Morgan fingerprint density at radius 3 is 2.50 bits per heavy atom. The summed E-state index contributed by atoms with van der Waals surface area (Å²) in [6, 6.07) is 20.0. The monoisotopic (exact) mass is 467 g/mol. The van der Waals surface area contributed by atoms with Crippen LogP contribution >= 0.6 is 23.4 Å². The van der Waals surface area contributed by atoms with Crippen molar-refractivity contribution in [1.29, 1.82) is 0 Å². The molecule has 2 aromatic heterocycles. The first-order chi connectivity index (χ1) is 15.6. The maximum absolute atomic E-state index is 12.3. The molecule has 162 valence electrons. The van der Waals surface area contributed by atoms with Crippen LogP contribution in [0.25, 0.3) is 11.6 Å². The highest BCUT2D eigenvalue weighted by Crippen LogP contribution is 2.25. The maximum Gasteiger partial charge on any atom is 0.271 e. The number of benzene rings is 2. The number of nitrogens with one attached hydrogen (secondary N) is 2. The first-order valence-electron chi connectivity index (χ1n) is 9.59. The number of amides is 2. The Morgan fingerprint density at radius 2 is 1.75 bits per heavy atom. The third-order valence-electron chi connectivity index (χ3n) is 4.41. The van der Waals surface area contributed by atoms with Crippen LogP contribution < -0.4 is 10.9 Å². The topological polar surface area (TPSA) is 102 Å². The lowest BCUT2D eigenvalue weighted by Crippen LogP contribution is -2.42. The van der Waals surface area contributed by atoms with Crippen molar-refractivity contribution >= 4 is 35.2 Å². The molecule has 4 aromatic rings. The molecule has 0 aliphatic heterocycles. The average molecular weight is 468 g/mol. The SMILES string of the molecule is O=C(CSc1nnc(-c2ccco2)n1Cc1ccccc1)NNC(=O)c1ccccc1Cl. The number of hydrogen-bond donors (Lipinski definition) is 2. The molecule has 2 amide bonds. The van der Waals surface area contributed by atoms with Gasteiger partial charge in [-0.15, -0.1) is 10.2 Å². The van der Waals surface area contributed by atoms with Gasteiger partial charge in [0.1, 0.15) is 0 Å². The molecule has 0 atom stereocenters. The van der Waals surface area contributed by atoms with Crippen LogP contribution in [0.1, 0.15) is 15.9 Å². The highest BCUT2D eigenvalue weighted by atomic mass is 35.5. The second-order valence-electron chi connectivity index (χ2n) is 6.63. The number of carbonyl (C=O) groups excluding carboxylic acids is 2. The number of carbonyl (C=O) groups is 2. The van der Waals surface area contributed by atoms with Crippen molar-refractivity contribution in [2.75, 3.05) is 5.75 Å². The minimum atomic E-state index is -0.499. The van der Waals surface area contributed by atoms with Crippen molar-refractivity contribution in [3.05, 3.63) is 89.1 Å². The van der Waals surface area contributed by atoms with Gasteiger partial charge in [-0.05, 0) is 29.8 Å². The number of nitrogens with zero attached hydrogens (tertiary/aromatic N) is 3. The number of thioether (sulfide) groups is 1. The summed E-state index contributed by atoms with van der Waals surface area (Å²) in [5.74, 6) is 0.268. The second-order valence-corrected chi connectivity index (χ2v) is 7.98. The fraction of sp³-hybridized carbons (Fsp3) is 0.0909. The van der Waals surface area contributed by atoms with Gasteiger partial charge >= 0.3 is 0 Å². The van der Waals surface area contributed by atoms with E-state index in [1.54, 1.807) is 42.7 Å². The molecule has 0 saturated carbocycles. The molecule has 4 rings (SSSR count). The zero-order chi connectivity index (χ0) is 22.3. The lowest BCUT2D eigenvalue weighted by molar-refractivity contribution is -0.119. The second kappa shape index (κ2) is 10.2. The smallest absolute Gasteiger partial charge is 0.271 e. The number of hydrazine groups is 1. The molecule has 2 aromatic carbocycles. The normalized spacial score (nSPS) is 10.7. The van der Waals surface area contributed by atoms with Crippen LogP contribution in [0, 0.1) is 0 Å². The minimum Gasteiger partial charge on any atom is -0.461 e. The van der Waals surface area contributed by atoms with E-state index in [1.165, 1.54) is 11.8 Å². The van der Waals surface area contributed by atoms with Crippen molar-refractivity contribution in [3.8, 4) is 11.6 Å². The predicted molar refractivity (Wildman–Crippen MR) is 121 cm³/mol. The van der Waals surface area contributed by atoms with E-state index in [0.29, 0.717) is 28.3 Å². The summed E-state index contributed by atoms with van der Waals surface area (Å²) < 4.78 is 7.37. The van der Waals surface area contributed by atoms with E-state index < -0.39 is 11.8 Å². The summed E-state index contributed by atoms with van der Waals surface area (Å²) in [4.78, 5) is 24.5. The van der Waals surface area contributed by atoms with E-state index in [9.17, 15) is 9.59 Å². The third kappa shape index (κ3) is 5.19. The number of furan rings is 1. The van der Waals surface area contributed by atoms with Gasteiger partial charge in [0.15, 0.2) is 10.9 Å². The Hall–Kier alpha value is -3.56. The van der Waals surface area contributed by atoms with Gasteiger partial charge in [0, 0.05) is 0 Å². The maximum atomic E-state index is 12.3. The average Bonchev–Trinajstić information content (AvgIpc) is 3.47. The summed E-state index contributed by atoms with van der Waals surface area (Å²) in [5.41, 5.74) is 6.08. The van der Waals surface area contributed by atoms with Crippen LogP contribution in [0.5, 0.6) is 0 Å². The van der Waals surface area contributed by atoms with E-state index in [2.05, 4.69) is 21.0 Å². The van der Waals surface area contributed by atoms with Gasteiger partial charge in [-0.3, -0.25) is 25.0 Å². The fourth-order valence-electron chi connectivity index (χ4n) is 2.90. The van der Waals surface area contributed by atoms with E-state index in [-0.39, 0.29) is 11.3 Å². The van der Waals surface area contributed by atoms with Crippen molar-refractivity contribution in [1.82, 2.24) is 25.6 Å². The zero-order valence-electron chi connectivity index (χ0n) is 16.7. The van der Waals surface area contributed by atoms with Crippen molar-refractivity contribution in [2.45, 2.75) is 11.7 Å². The van der Waals surface area contributed by atoms with Crippen molar-refractivity contribution < 1.29 is 14.0 Å². The van der Waals surface area contributed by atoms with Gasteiger partial charge in [-0.1, -0.05) is 65.8 Å². The molecule has 2 N–H and O–H groups in total. The number of hydrogen-bond acceptors (Lipinski definition) is 6. The van der Waals surface area contributed by atoms with Crippen molar-refractivity contribution in [2.24, 2.45) is 0 Å². The predicted octanol–water partition coefficient (Wildman–Crippen LogP) is 3.79. The van der Waals surface area contributed by atoms with E-state index in [4.69, 9.17) is 16.0 Å². The third-order valence-corrected chi connectivity index (χ3v) is 5.70.